The van der Waals surface area contributed by atoms with Crippen molar-refractivity contribution in [1.29, 1.82) is 0 Å². The first kappa shape index (κ1) is 17.4. The topological polar surface area (TPSA) is 35.6 Å². The summed E-state index contributed by atoms with van der Waals surface area (Å²) in [5.74, 6) is 0.148. The van der Waals surface area contributed by atoms with E-state index in [9.17, 15) is 4.79 Å². The highest BCUT2D eigenvalue weighted by Gasteiger charge is 2.19. The van der Waals surface area contributed by atoms with Crippen molar-refractivity contribution in [3.63, 3.8) is 0 Å². The van der Waals surface area contributed by atoms with Gasteiger partial charge in [0.25, 0.3) is 0 Å². The Morgan fingerprint density at radius 1 is 1.27 bits per heavy atom. The number of hydrogen-bond donors (Lipinski definition) is 1. The highest BCUT2D eigenvalue weighted by atomic mass is 79.9. The van der Waals surface area contributed by atoms with Gasteiger partial charge in [0.2, 0.25) is 5.91 Å². The fraction of sp³-hybridized carbons (Fsp3) is 0.588. The number of nitrogens with zero attached hydrogens (tertiary/aromatic N) is 2. The van der Waals surface area contributed by atoms with Crippen molar-refractivity contribution in [3.8, 4) is 0 Å². The third-order valence-electron chi connectivity index (χ3n) is 4.15. The Bertz CT molecular complexity index is 487. The molecule has 0 aromatic heterocycles. The Hall–Kier alpha value is -0.910. The lowest BCUT2D eigenvalue weighted by atomic mass is 10.2. The van der Waals surface area contributed by atoms with E-state index in [0.29, 0.717) is 6.54 Å². The molecule has 122 valence electrons. The number of halogens is 1. The Labute approximate surface area is 142 Å². The van der Waals surface area contributed by atoms with Crippen molar-refractivity contribution >= 4 is 21.8 Å². The minimum absolute atomic E-state index is 0.148. The summed E-state index contributed by atoms with van der Waals surface area (Å²) in [6.07, 6.45) is 0.978. The monoisotopic (exact) mass is 367 g/mol. The largest absolute Gasteiger partial charge is 0.353 e. The van der Waals surface area contributed by atoms with Gasteiger partial charge in [0.1, 0.15) is 0 Å². The molecule has 1 heterocycles. The molecular weight excluding hydrogens is 342 g/mol. The molecule has 22 heavy (non-hydrogen) atoms. The van der Waals surface area contributed by atoms with Crippen LogP contribution in [0.3, 0.4) is 0 Å². The third kappa shape index (κ3) is 5.71. The molecule has 4 nitrogen and oxygen atoms in total. The predicted octanol–water partition coefficient (Wildman–Crippen LogP) is 2.48. The Morgan fingerprint density at radius 2 is 1.95 bits per heavy atom. The maximum absolute atomic E-state index is 11.9. The van der Waals surface area contributed by atoms with Gasteiger partial charge >= 0.3 is 0 Å². The average molecular weight is 368 g/mol. The highest BCUT2D eigenvalue weighted by molar-refractivity contribution is 9.10. The predicted molar refractivity (Wildman–Crippen MR) is 93.8 cm³/mol. The van der Waals surface area contributed by atoms with Gasteiger partial charge in [0.15, 0.2) is 0 Å². The molecule has 2 rings (SSSR count). The van der Waals surface area contributed by atoms with Gasteiger partial charge in [-0.05, 0) is 31.0 Å². The standard InChI is InChI=1S/C17H26BrN3O/c1-3-14(2)19-17(22)13-21-9-7-20(8-10-21)12-15-5-4-6-16(18)11-15/h4-6,11,14H,3,7-10,12-13H2,1-2H3,(H,19,22). The van der Waals surface area contributed by atoms with Gasteiger partial charge in [-0.15, -0.1) is 0 Å². The van der Waals surface area contributed by atoms with Crippen LogP contribution in [0, 0.1) is 0 Å². The van der Waals surface area contributed by atoms with Gasteiger partial charge in [0.05, 0.1) is 6.54 Å². The molecule has 5 heteroatoms. The number of hydrogen-bond acceptors (Lipinski definition) is 3. The van der Waals surface area contributed by atoms with Crippen LogP contribution in [0.1, 0.15) is 25.8 Å². The van der Waals surface area contributed by atoms with Gasteiger partial charge in [-0.2, -0.15) is 0 Å². The SMILES string of the molecule is CCC(C)NC(=O)CN1CCN(Cc2cccc(Br)c2)CC1. The van der Waals surface area contributed by atoms with Crippen LogP contribution < -0.4 is 5.32 Å². The van der Waals surface area contributed by atoms with E-state index < -0.39 is 0 Å². The fourth-order valence-electron chi connectivity index (χ4n) is 2.62. The molecular formula is C17H26BrN3O. The minimum Gasteiger partial charge on any atom is -0.353 e. The number of piperazine rings is 1. The van der Waals surface area contributed by atoms with E-state index in [1.807, 2.05) is 6.92 Å². The minimum atomic E-state index is 0.148. The van der Waals surface area contributed by atoms with Crippen LogP contribution in [-0.2, 0) is 11.3 Å². The summed E-state index contributed by atoms with van der Waals surface area (Å²) in [4.78, 5) is 16.6. The fourth-order valence-corrected chi connectivity index (χ4v) is 3.07. The number of carbonyl (C=O) groups excluding carboxylic acids is 1. The van der Waals surface area contributed by atoms with E-state index in [1.54, 1.807) is 0 Å². The maximum Gasteiger partial charge on any atom is 0.234 e. The molecule has 0 spiro atoms. The molecule has 0 radical (unpaired) electrons. The van der Waals surface area contributed by atoms with E-state index in [4.69, 9.17) is 0 Å². The molecule has 1 fully saturated rings. The van der Waals surface area contributed by atoms with Crippen LogP contribution in [0.15, 0.2) is 28.7 Å². The third-order valence-corrected chi connectivity index (χ3v) is 4.64. The van der Waals surface area contributed by atoms with Crippen molar-refractivity contribution in [2.24, 2.45) is 0 Å². The zero-order valence-electron chi connectivity index (χ0n) is 13.5. The molecule has 0 aliphatic carbocycles. The van der Waals surface area contributed by atoms with Crippen LogP contribution in [0.4, 0.5) is 0 Å². The zero-order valence-corrected chi connectivity index (χ0v) is 15.1. The van der Waals surface area contributed by atoms with Crippen LogP contribution in [0.25, 0.3) is 0 Å². The maximum atomic E-state index is 11.9. The van der Waals surface area contributed by atoms with E-state index in [1.165, 1.54) is 5.56 Å². The Balaban J connectivity index is 1.72. The molecule has 1 aromatic carbocycles. The van der Waals surface area contributed by atoms with E-state index in [-0.39, 0.29) is 11.9 Å². The average Bonchev–Trinajstić information content (AvgIpc) is 2.49. The first-order chi connectivity index (χ1) is 10.6. The van der Waals surface area contributed by atoms with Crippen LogP contribution >= 0.6 is 15.9 Å². The highest BCUT2D eigenvalue weighted by Crippen LogP contribution is 2.14. The number of benzene rings is 1. The van der Waals surface area contributed by atoms with Crippen molar-refractivity contribution in [2.45, 2.75) is 32.9 Å². The van der Waals surface area contributed by atoms with Crippen molar-refractivity contribution in [3.05, 3.63) is 34.3 Å². The summed E-state index contributed by atoms with van der Waals surface area (Å²) in [5, 5.41) is 3.03. The number of nitrogens with one attached hydrogen (secondary N) is 1. The lowest BCUT2D eigenvalue weighted by Crippen LogP contribution is -2.49. The molecule has 1 atom stereocenters. The number of amides is 1. The van der Waals surface area contributed by atoms with Crippen LogP contribution in [0.2, 0.25) is 0 Å². The van der Waals surface area contributed by atoms with E-state index in [0.717, 1.165) is 43.6 Å². The summed E-state index contributed by atoms with van der Waals surface area (Å²) in [5.41, 5.74) is 1.33. The summed E-state index contributed by atoms with van der Waals surface area (Å²) in [7, 11) is 0. The summed E-state index contributed by atoms with van der Waals surface area (Å²) in [6, 6.07) is 8.74. The lowest BCUT2D eigenvalue weighted by molar-refractivity contribution is -0.123. The normalized spacial score (nSPS) is 18.1. The summed E-state index contributed by atoms with van der Waals surface area (Å²) < 4.78 is 1.13. The Morgan fingerprint density at radius 3 is 2.59 bits per heavy atom. The molecule has 1 aromatic rings. The summed E-state index contributed by atoms with van der Waals surface area (Å²) in [6.45, 7) is 9.59. The van der Waals surface area contributed by atoms with Gasteiger partial charge in [-0.25, -0.2) is 0 Å². The van der Waals surface area contributed by atoms with Crippen molar-refractivity contribution < 1.29 is 4.79 Å². The quantitative estimate of drug-likeness (QED) is 0.838. The molecule has 1 amide bonds. The number of rotatable bonds is 6. The van der Waals surface area contributed by atoms with Crippen molar-refractivity contribution in [1.82, 2.24) is 15.1 Å². The second-order valence-corrected chi connectivity index (χ2v) is 6.97. The smallest absolute Gasteiger partial charge is 0.234 e. The first-order valence-corrected chi connectivity index (χ1v) is 8.84. The Kier molecular flexibility index (Phi) is 6.86. The van der Waals surface area contributed by atoms with Gasteiger partial charge in [-0.3, -0.25) is 14.6 Å². The van der Waals surface area contributed by atoms with Crippen LogP contribution in [0.5, 0.6) is 0 Å². The second-order valence-electron chi connectivity index (χ2n) is 6.06. The zero-order chi connectivity index (χ0) is 15.9. The second kappa shape index (κ2) is 8.65. The molecule has 0 bridgehead atoms. The molecule has 1 saturated heterocycles. The molecule has 0 saturated carbocycles. The van der Waals surface area contributed by atoms with Crippen molar-refractivity contribution in [2.75, 3.05) is 32.7 Å². The van der Waals surface area contributed by atoms with E-state index >= 15 is 0 Å². The molecule has 1 aliphatic heterocycles. The number of carbonyl (C=O) groups is 1. The van der Waals surface area contributed by atoms with Gasteiger partial charge < -0.3 is 5.32 Å². The van der Waals surface area contributed by atoms with Gasteiger partial charge in [-0.1, -0.05) is 35.0 Å². The summed E-state index contributed by atoms with van der Waals surface area (Å²) >= 11 is 3.52. The van der Waals surface area contributed by atoms with Gasteiger partial charge in [0, 0.05) is 43.2 Å². The molecule has 1 aliphatic rings. The first-order valence-electron chi connectivity index (χ1n) is 8.05. The molecule has 1 N–H and O–H groups in total. The lowest BCUT2D eigenvalue weighted by Gasteiger charge is -2.34. The molecule has 1 unspecified atom stereocenters. The van der Waals surface area contributed by atoms with E-state index in [2.05, 4.69) is 62.2 Å². The van der Waals surface area contributed by atoms with Crippen LogP contribution in [-0.4, -0.2) is 54.5 Å².